The van der Waals surface area contributed by atoms with E-state index in [2.05, 4.69) is 46.6 Å². The summed E-state index contributed by atoms with van der Waals surface area (Å²) in [6, 6.07) is 8.51. The Hall–Kier alpha value is -1.71. The number of rotatable bonds is 4. The van der Waals surface area contributed by atoms with Gasteiger partial charge in [0, 0.05) is 0 Å². The molecule has 0 bridgehead atoms. The van der Waals surface area contributed by atoms with Gasteiger partial charge in [-0.1, -0.05) is 44.7 Å². The highest BCUT2D eigenvalue weighted by Gasteiger charge is 2.17. The maximum absolute atomic E-state index is 4.04. The van der Waals surface area contributed by atoms with E-state index in [1.54, 1.807) is 4.80 Å². The molecule has 0 saturated heterocycles. The molecule has 4 heteroatoms. The zero-order valence-corrected chi connectivity index (χ0v) is 12.1. The van der Waals surface area contributed by atoms with Crippen LogP contribution >= 0.6 is 0 Å². The summed E-state index contributed by atoms with van der Waals surface area (Å²) in [7, 11) is 0. The predicted molar refractivity (Wildman–Crippen MR) is 78.6 cm³/mol. The fourth-order valence-electron chi connectivity index (χ4n) is 3.07. The van der Waals surface area contributed by atoms with Crippen LogP contribution in [0.2, 0.25) is 0 Å². The van der Waals surface area contributed by atoms with Crippen molar-refractivity contribution in [2.75, 3.05) is 0 Å². The van der Waals surface area contributed by atoms with Gasteiger partial charge in [0.1, 0.15) is 0 Å². The van der Waals surface area contributed by atoms with E-state index in [0.29, 0.717) is 0 Å². The molecule has 0 N–H and O–H groups in total. The molecule has 2 aromatic rings. The number of hydrogen-bond acceptors (Lipinski definition) is 3. The van der Waals surface area contributed by atoms with Gasteiger partial charge in [-0.05, 0) is 47.6 Å². The summed E-state index contributed by atoms with van der Waals surface area (Å²) in [6.07, 6.45) is 9.64. The molecular formula is C16H22N4. The molecular weight excluding hydrogens is 248 g/mol. The van der Waals surface area contributed by atoms with Crippen LogP contribution in [0.4, 0.5) is 0 Å². The Balaban J connectivity index is 1.53. The minimum Gasteiger partial charge on any atom is -0.135 e. The third kappa shape index (κ3) is 3.24. The van der Waals surface area contributed by atoms with Crippen LogP contribution in [0.15, 0.2) is 30.6 Å². The van der Waals surface area contributed by atoms with Crippen molar-refractivity contribution in [1.29, 1.82) is 0 Å². The predicted octanol–water partition coefficient (Wildman–Crippen LogP) is 3.42. The van der Waals surface area contributed by atoms with Crippen LogP contribution in [0.25, 0.3) is 5.69 Å². The number of benzene rings is 1. The first-order chi connectivity index (χ1) is 9.81. The fraction of sp³-hybridized carbons (Fsp3) is 0.562. The van der Waals surface area contributed by atoms with Crippen molar-refractivity contribution in [2.45, 2.75) is 45.4 Å². The van der Waals surface area contributed by atoms with Gasteiger partial charge in [-0.2, -0.15) is 0 Å². The van der Waals surface area contributed by atoms with Gasteiger partial charge in [0.05, 0.1) is 5.69 Å². The van der Waals surface area contributed by atoms with Crippen molar-refractivity contribution in [1.82, 2.24) is 20.2 Å². The molecule has 0 atom stereocenters. The van der Waals surface area contributed by atoms with Crippen LogP contribution in [-0.4, -0.2) is 20.2 Å². The summed E-state index contributed by atoms with van der Waals surface area (Å²) in [4.78, 5) is 1.55. The van der Waals surface area contributed by atoms with E-state index in [1.165, 1.54) is 50.4 Å². The van der Waals surface area contributed by atoms with Gasteiger partial charge in [0.25, 0.3) is 0 Å². The molecule has 1 aliphatic rings. The van der Waals surface area contributed by atoms with Gasteiger partial charge in [-0.25, -0.2) is 0 Å². The maximum atomic E-state index is 4.04. The molecule has 0 unspecified atom stereocenters. The van der Waals surface area contributed by atoms with Crippen LogP contribution in [0.5, 0.6) is 0 Å². The lowest BCUT2D eigenvalue weighted by atomic mass is 9.80. The molecule has 1 aromatic carbocycles. The van der Waals surface area contributed by atoms with Gasteiger partial charge >= 0.3 is 0 Å². The van der Waals surface area contributed by atoms with Crippen molar-refractivity contribution in [3.63, 3.8) is 0 Å². The lowest BCUT2D eigenvalue weighted by molar-refractivity contribution is 0.278. The van der Waals surface area contributed by atoms with E-state index in [4.69, 9.17) is 0 Å². The quantitative estimate of drug-likeness (QED) is 0.855. The molecule has 1 fully saturated rings. The molecule has 4 nitrogen and oxygen atoms in total. The second-order valence-electron chi connectivity index (χ2n) is 6.06. The van der Waals surface area contributed by atoms with Gasteiger partial charge in [-0.3, -0.25) is 0 Å². The number of tetrazole rings is 1. The average Bonchev–Trinajstić information content (AvgIpc) is 3.01. The van der Waals surface area contributed by atoms with E-state index in [9.17, 15) is 0 Å². The van der Waals surface area contributed by atoms with Crippen molar-refractivity contribution in [3.05, 3.63) is 36.2 Å². The highest BCUT2D eigenvalue weighted by atomic mass is 15.6. The minimum absolute atomic E-state index is 0.933. The Morgan fingerprint density at radius 1 is 1.10 bits per heavy atom. The lowest BCUT2D eigenvalue weighted by Crippen LogP contribution is -2.12. The minimum atomic E-state index is 0.933. The van der Waals surface area contributed by atoms with Gasteiger partial charge < -0.3 is 0 Å². The summed E-state index contributed by atoms with van der Waals surface area (Å²) >= 11 is 0. The van der Waals surface area contributed by atoms with Crippen LogP contribution in [0.3, 0.4) is 0 Å². The molecule has 3 rings (SSSR count). The molecule has 0 spiro atoms. The highest BCUT2D eigenvalue weighted by Crippen LogP contribution is 2.31. The Labute approximate surface area is 120 Å². The Bertz CT molecular complexity index is 510. The van der Waals surface area contributed by atoms with E-state index in [1.807, 2.05) is 0 Å². The van der Waals surface area contributed by atoms with Gasteiger partial charge in [-0.15, -0.1) is 15.0 Å². The van der Waals surface area contributed by atoms with Crippen LogP contribution in [0, 0.1) is 11.8 Å². The van der Waals surface area contributed by atoms with Crippen LogP contribution < -0.4 is 0 Å². The summed E-state index contributed by atoms with van der Waals surface area (Å²) in [6.45, 7) is 2.38. The first-order valence-corrected chi connectivity index (χ1v) is 7.63. The summed E-state index contributed by atoms with van der Waals surface area (Å²) in [5, 5.41) is 11.7. The molecule has 20 heavy (non-hydrogen) atoms. The van der Waals surface area contributed by atoms with Gasteiger partial charge in [0.2, 0.25) is 0 Å². The maximum Gasteiger partial charge on any atom is 0.162 e. The molecule has 0 aliphatic heterocycles. The molecule has 0 amide bonds. The standard InChI is InChI=1S/C16H22N4/c1-13-2-4-14(5-3-13)6-7-15-8-10-16(11-9-15)20-18-12-17-19-20/h8-14H,2-7H2,1H3. The van der Waals surface area contributed by atoms with Crippen LogP contribution in [-0.2, 0) is 6.42 Å². The van der Waals surface area contributed by atoms with Crippen molar-refractivity contribution in [2.24, 2.45) is 11.8 Å². The number of aryl methyl sites for hydroxylation is 1. The van der Waals surface area contributed by atoms with E-state index in [-0.39, 0.29) is 0 Å². The Kier molecular flexibility index (Phi) is 4.09. The molecule has 106 valence electrons. The lowest BCUT2D eigenvalue weighted by Gasteiger charge is -2.26. The fourth-order valence-corrected chi connectivity index (χ4v) is 3.07. The average molecular weight is 270 g/mol. The van der Waals surface area contributed by atoms with Crippen molar-refractivity contribution >= 4 is 0 Å². The number of nitrogens with zero attached hydrogens (tertiary/aromatic N) is 4. The Morgan fingerprint density at radius 3 is 2.50 bits per heavy atom. The first kappa shape index (κ1) is 13.3. The topological polar surface area (TPSA) is 43.6 Å². The molecule has 1 aliphatic carbocycles. The zero-order valence-electron chi connectivity index (χ0n) is 12.1. The SMILES string of the molecule is CC1CCC(CCc2ccc(-n3ncnn3)cc2)CC1. The largest absolute Gasteiger partial charge is 0.162 e. The number of aromatic nitrogens is 4. The van der Waals surface area contributed by atoms with E-state index < -0.39 is 0 Å². The third-order valence-electron chi connectivity index (χ3n) is 4.49. The van der Waals surface area contributed by atoms with Gasteiger partial charge in [0.15, 0.2) is 6.33 Å². The smallest absolute Gasteiger partial charge is 0.135 e. The molecule has 1 saturated carbocycles. The summed E-state index contributed by atoms with van der Waals surface area (Å²) in [5.74, 6) is 1.88. The van der Waals surface area contributed by atoms with Crippen LogP contribution in [0.1, 0.15) is 44.6 Å². The van der Waals surface area contributed by atoms with Crippen molar-refractivity contribution < 1.29 is 0 Å². The second-order valence-corrected chi connectivity index (χ2v) is 6.06. The van der Waals surface area contributed by atoms with E-state index in [0.717, 1.165) is 17.5 Å². The third-order valence-corrected chi connectivity index (χ3v) is 4.49. The normalized spacial score (nSPS) is 22.9. The first-order valence-electron chi connectivity index (χ1n) is 7.63. The summed E-state index contributed by atoms with van der Waals surface area (Å²) in [5.41, 5.74) is 2.38. The van der Waals surface area contributed by atoms with Crippen molar-refractivity contribution in [3.8, 4) is 5.69 Å². The second kappa shape index (κ2) is 6.16. The molecule has 0 radical (unpaired) electrons. The Morgan fingerprint density at radius 2 is 1.85 bits per heavy atom. The zero-order chi connectivity index (χ0) is 13.8. The molecule has 1 aromatic heterocycles. The number of hydrogen-bond donors (Lipinski definition) is 0. The monoisotopic (exact) mass is 270 g/mol. The summed E-state index contributed by atoms with van der Waals surface area (Å²) < 4.78 is 0. The van der Waals surface area contributed by atoms with E-state index >= 15 is 0 Å². The molecule has 1 heterocycles. The highest BCUT2D eigenvalue weighted by molar-refractivity contribution is 5.32.